The number of rotatable bonds is 2. The van der Waals surface area contributed by atoms with Crippen molar-refractivity contribution in [2.45, 2.75) is 6.92 Å². The van der Waals surface area contributed by atoms with E-state index < -0.39 is 5.82 Å². The van der Waals surface area contributed by atoms with Gasteiger partial charge in [0.25, 0.3) is 0 Å². The first kappa shape index (κ1) is 13.7. The van der Waals surface area contributed by atoms with E-state index >= 15 is 0 Å². The van der Waals surface area contributed by atoms with Crippen molar-refractivity contribution in [2.75, 3.05) is 0 Å². The Hall–Kier alpha value is -2.27. The molecule has 0 bridgehead atoms. The molecule has 0 fully saturated rings. The van der Waals surface area contributed by atoms with Crippen LogP contribution in [0, 0.1) is 5.82 Å². The molecular formula is C15H12ClFN4. The first-order chi connectivity index (χ1) is 9.97. The summed E-state index contributed by atoms with van der Waals surface area (Å²) in [5.74, 6) is -0.514. The van der Waals surface area contributed by atoms with Gasteiger partial charge < -0.3 is 0 Å². The van der Waals surface area contributed by atoms with Gasteiger partial charge in [0.2, 0.25) is 5.28 Å². The van der Waals surface area contributed by atoms with E-state index in [1.807, 2.05) is 26.1 Å². The smallest absolute Gasteiger partial charge is 0.223 e. The molecule has 106 valence electrons. The van der Waals surface area contributed by atoms with Gasteiger partial charge in [-0.1, -0.05) is 12.6 Å². The van der Waals surface area contributed by atoms with Gasteiger partial charge in [-0.25, -0.2) is 14.4 Å². The maximum Gasteiger partial charge on any atom is 0.223 e. The molecule has 0 unspecified atom stereocenters. The molecule has 0 N–H and O–H groups in total. The number of allylic oxidation sites excluding steroid dienone is 1. The van der Waals surface area contributed by atoms with E-state index in [0.717, 1.165) is 28.4 Å². The summed E-state index contributed by atoms with van der Waals surface area (Å²) in [5.41, 5.74) is 3.42. The number of benzene rings is 1. The molecule has 0 aliphatic carbocycles. The van der Waals surface area contributed by atoms with Gasteiger partial charge in [-0.3, -0.25) is 4.68 Å². The van der Waals surface area contributed by atoms with E-state index in [1.165, 1.54) is 0 Å². The number of hydrogen-bond acceptors (Lipinski definition) is 3. The van der Waals surface area contributed by atoms with Crippen LogP contribution < -0.4 is 0 Å². The third kappa shape index (κ3) is 2.29. The minimum atomic E-state index is -0.514. The SMILES string of the molecule is C=C(C)c1c2cc(-c3nc(Cl)ncc3F)ccc2nn1C. The zero-order chi connectivity index (χ0) is 15.1. The van der Waals surface area contributed by atoms with E-state index in [1.54, 1.807) is 10.7 Å². The lowest BCUT2D eigenvalue weighted by Crippen LogP contribution is -1.95. The summed E-state index contributed by atoms with van der Waals surface area (Å²) in [5, 5.41) is 5.32. The monoisotopic (exact) mass is 302 g/mol. The normalized spacial score (nSPS) is 11.0. The molecule has 4 nitrogen and oxygen atoms in total. The zero-order valence-electron chi connectivity index (χ0n) is 11.6. The highest BCUT2D eigenvalue weighted by Crippen LogP contribution is 2.29. The van der Waals surface area contributed by atoms with Gasteiger partial charge >= 0.3 is 0 Å². The van der Waals surface area contributed by atoms with Crippen LogP contribution in [0.25, 0.3) is 27.7 Å². The first-order valence-electron chi connectivity index (χ1n) is 6.28. The second kappa shape index (κ2) is 4.93. The van der Waals surface area contributed by atoms with Crippen LogP contribution in [0.4, 0.5) is 4.39 Å². The van der Waals surface area contributed by atoms with Gasteiger partial charge in [-0.15, -0.1) is 0 Å². The topological polar surface area (TPSA) is 43.6 Å². The predicted molar refractivity (Wildman–Crippen MR) is 81.4 cm³/mol. The highest BCUT2D eigenvalue weighted by Gasteiger charge is 2.14. The number of fused-ring (bicyclic) bond motifs is 1. The molecule has 6 heteroatoms. The highest BCUT2D eigenvalue weighted by atomic mass is 35.5. The molecule has 0 radical (unpaired) electrons. The van der Waals surface area contributed by atoms with E-state index in [9.17, 15) is 4.39 Å². The van der Waals surface area contributed by atoms with Crippen LogP contribution >= 0.6 is 11.6 Å². The van der Waals surface area contributed by atoms with Crippen molar-refractivity contribution in [1.82, 2.24) is 19.7 Å². The Morgan fingerprint density at radius 2 is 2.14 bits per heavy atom. The van der Waals surface area contributed by atoms with Gasteiger partial charge in [0.1, 0.15) is 5.69 Å². The maximum atomic E-state index is 13.9. The van der Waals surface area contributed by atoms with Crippen molar-refractivity contribution in [1.29, 1.82) is 0 Å². The average Bonchev–Trinajstić information content (AvgIpc) is 2.76. The Balaban J connectivity index is 2.28. The van der Waals surface area contributed by atoms with Gasteiger partial charge in [-0.2, -0.15) is 5.10 Å². The van der Waals surface area contributed by atoms with Gasteiger partial charge in [-0.05, 0) is 36.2 Å². The van der Waals surface area contributed by atoms with Crippen LogP contribution in [0.15, 0.2) is 31.0 Å². The van der Waals surface area contributed by atoms with Gasteiger partial charge in [0.15, 0.2) is 5.82 Å². The number of halogens is 2. The van der Waals surface area contributed by atoms with Crippen LogP contribution in [0.2, 0.25) is 5.28 Å². The second-order valence-corrected chi connectivity index (χ2v) is 5.16. The maximum absolute atomic E-state index is 13.9. The van der Waals surface area contributed by atoms with Gasteiger partial charge in [0, 0.05) is 18.0 Å². The third-order valence-electron chi connectivity index (χ3n) is 3.23. The number of nitrogens with zero attached hydrogens (tertiary/aromatic N) is 4. The number of hydrogen-bond donors (Lipinski definition) is 0. The Labute approximate surface area is 125 Å². The summed E-state index contributed by atoms with van der Waals surface area (Å²) < 4.78 is 15.7. The molecule has 3 aromatic rings. The van der Waals surface area contributed by atoms with Crippen LogP contribution in [0.3, 0.4) is 0 Å². The van der Waals surface area contributed by atoms with E-state index in [2.05, 4.69) is 21.6 Å². The quantitative estimate of drug-likeness (QED) is 0.675. The number of aryl methyl sites for hydroxylation is 1. The van der Waals surface area contributed by atoms with Crippen molar-refractivity contribution in [3.8, 4) is 11.3 Å². The highest BCUT2D eigenvalue weighted by molar-refractivity contribution is 6.28. The summed E-state index contributed by atoms with van der Waals surface area (Å²) in [4.78, 5) is 7.59. The minimum absolute atomic E-state index is 0.0119. The van der Waals surface area contributed by atoms with Gasteiger partial charge in [0.05, 0.1) is 17.4 Å². The molecule has 1 aromatic carbocycles. The average molecular weight is 303 g/mol. The molecule has 0 saturated carbocycles. The van der Waals surface area contributed by atoms with Crippen LogP contribution in [-0.4, -0.2) is 19.7 Å². The van der Waals surface area contributed by atoms with E-state index in [-0.39, 0.29) is 11.0 Å². The van der Waals surface area contributed by atoms with Crippen molar-refractivity contribution in [2.24, 2.45) is 7.05 Å². The molecular weight excluding hydrogens is 291 g/mol. The molecule has 21 heavy (non-hydrogen) atoms. The lowest BCUT2D eigenvalue weighted by atomic mass is 10.1. The molecule has 0 aliphatic heterocycles. The zero-order valence-corrected chi connectivity index (χ0v) is 12.3. The van der Waals surface area contributed by atoms with E-state index in [4.69, 9.17) is 11.6 Å². The lowest BCUT2D eigenvalue weighted by Gasteiger charge is -2.04. The molecule has 0 amide bonds. The Bertz CT molecular complexity index is 869. The summed E-state index contributed by atoms with van der Waals surface area (Å²) in [7, 11) is 1.85. The standard InChI is InChI=1S/C15H12ClFN4/c1-8(2)14-10-6-9(4-5-12(10)20-21(14)3)13-11(17)7-18-15(16)19-13/h4-7H,1H2,2-3H3. The molecule has 2 heterocycles. The lowest BCUT2D eigenvalue weighted by molar-refractivity contribution is 0.618. The molecule has 0 saturated heterocycles. The van der Waals surface area contributed by atoms with Crippen LogP contribution in [0.1, 0.15) is 12.6 Å². The predicted octanol–water partition coefficient (Wildman–Crippen LogP) is 3.86. The molecule has 3 rings (SSSR count). The Kier molecular flexibility index (Phi) is 3.22. The fourth-order valence-electron chi connectivity index (χ4n) is 2.40. The molecule has 0 spiro atoms. The van der Waals surface area contributed by atoms with E-state index in [0.29, 0.717) is 5.56 Å². The summed E-state index contributed by atoms with van der Waals surface area (Å²) in [6.07, 6.45) is 1.07. The van der Waals surface area contributed by atoms with Crippen molar-refractivity contribution in [3.63, 3.8) is 0 Å². The summed E-state index contributed by atoms with van der Waals surface area (Å²) >= 11 is 5.75. The first-order valence-corrected chi connectivity index (χ1v) is 6.66. The Morgan fingerprint density at radius 3 is 2.86 bits per heavy atom. The van der Waals surface area contributed by atoms with Crippen molar-refractivity contribution in [3.05, 3.63) is 47.8 Å². The number of aromatic nitrogens is 4. The second-order valence-electron chi connectivity index (χ2n) is 4.82. The molecule has 0 aliphatic rings. The fraction of sp³-hybridized carbons (Fsp3) is 0.133. The largest absolute Gasteiger partial charge is 0.267 e. The molecule has 2 aromatic heterocycles. The third-order valence-corrected chi connectivity index (χ3v) is 3.41. The molecule has 0 atom stereocenters. The summed E-state index contributed by atoms with van der Waals surface area (Å²) in [6.45, 7) is 5.87. The van der Waals surface area contributed by atoms with Crippen LogP contribution in [0.5, 0.6) is 0 Å². The minimum Gasteiger partial charge on any atom is -0.267 e. The summed E-state index contributed by atoms with van der Waals surface area (Å²) in [6, 6.07) is 5.43. The van der Waals surface area contributed by atoms with Crippen molar-refractivity contribution < 1.29 is 4.39 Å². The van der Waals surface area contributed by atoms with Crippen LogP contribution in [-0.2, 0) is 7.05 Å². The Morgan fingerprint density at radius 1 is 1.38 bits per heavy atom. The van der Waals surface area contributed by atoms with Crippen molar-refractivity contribution >= 4 is 28.1 Å². The fourth-order valence-corrected chi connectivity index (χ4v) is 2.53.